The van der Waals surface area contributed by atoms with Gasteiger partial charge in [0.05, 0.1) is 0 Å². The lowest BCUT2D eigenvalue weighted by molar-refractivity contribution is -0.167. The van der Waals surface area contributed by atoms with E-state index in [0.29, 0.717) is 19.3 Å². The quantitative estimate of drug-likeness (QED) is 0.0272. The SMILES string of the molecule is CC/C=C\C/C=C\C/C=C\CCCCCCCC(=O)OCC(COC(=O)CCCCCCCC)OC(=O)CCCCCCC/C=C\CCCCCC. The van der Waals surface area contributed by atoms with Crippen LogP contribution in [0, 0.1) is 0 Å². The zero-order chi connectivity index (χ0) is 38.0. The first kappa shape index (κ1) is 49.4. The van der Waals surface area contributed by atoms with Gasteiger partial charge in [0.2, 0.25) is 0 Å². The number of ether oxygens (including phenoxy) is 3. The van der Waals surface area contributed by atoms with Crippen LogP contribution in [0.3, 0.4) is 0 Å². The maximum Gasteiger partial charge on any atom is 0.306 e. The molecule has 0 saturated heterocycles. The standard InChI is InChI=1S/C46H80O6/c1-4-7-10-13-16-18-20-22-23-25-26-28-30-33-36-39-45(48)51-42-43(41-50-44(47)38-35-32-15-12-9-6-3)52-46(49)40-37-34-31-29-27-24-21-19-17-14-11-8-5-2/h7,10,16,18-19,21-23,43H,4-6,8-9,11-15,17,20,24-42H2,1-3H3/b10-7-,18-16-,21-19-,23-22-. The predicted molar refractivity (Wildman–Crippen MR) is 219 cm³/mol. The molecule has 0 aliphatic carbocycles. The lowest BCUT2D eigenvalue weighted by atomic mass is 10.1. The molecule has 0 bridgehead atoms. The minimum atomic E-state index is -0.778. The van der Waals surface area contributed by atoms with Crippen molar-refractivity contribution in [1.29, 1.82) is 0 Å². The van der Waals surface area contributed by atoms with Gasteiger partial charge in [-0.3, -0.25) is 14.4 Å². The molecule has 0 aromatic carbocycles. The van der Waals surface area contributed by atoms with Crippen LogP contribution >= 0.6 is 0 Å². The van der Waals surface area contributed by atoms with Crippen LogP contribution in [0.4, 0.5) is 0 Å². The van der Waals surface area contributed by atoms with E-state index in [2.05, 4.69) is 69.4 Å². The van der Waals surface area contributed by atoms with E-state index in [1.54, 1.807) is 0 Å². The number of hydrogen-bond acceptors (Lipinski definition) is 6. The first-order valence-corrected chi connectivity index (χ1v) is 21.6. The fourth-order valence-electron chi connectivity index (χ4n) is 5.80. The highest BCUT2D eigenvalue weighted by Crippen LogP contribution is 2.13. The van der Waals surface area contributed by atoms with E-state index in [9.17, 15) is 14.4 Å². The third-order valence-electron chi connectivity index (χ3n) is 9.07. The van der Waals surface area contributed by atoms with Crippen molar-refractivity contribution in [2.24, 2.45) is 0 Å². The molecular formula is C46H80O6. The van der Waals surface area contributed by atoms with Gasteiger partial charge in [-0.2, -0.15) is 0 Å². The predicted octanol–water partition coefficient (Wildman–Crippen LogP) is 13.6. The zero-order valence-electron chi connectivity index (χ0n) is 34.1. The van der Waals surface area contributed by atoms with Crippen molar-refractivity contribution in [3.05, 3.63) is 48.6 Å². The fraction of sp³-hybridized carbons (Fsp3) is 0.761. The van der Waals surface area contributed by atoms with Crippen molar-refractivity contribution in [1.82, 2.24) is 0 Å². The molecule has 1 unspecified atom stereocenters. The molecule has 0 aromatic heterocycles. The molecule has 0 saturated carbocycles. The van der Waals surface area contributed by atoms with Gasteiger partial charge in [-0.15, -0.1) is 0 Å². The van der Waals surface area contributed by atoms with Gasteiger partial charge in [-0.05, 0) is 77.0 Å². The smallest absolute Gasteiger partial charge is 0.306 e. The van der Waals surface area contributed by atoms with E-state index in [0.717, 1.165) is 109 Å². The highest BCUT2D eigenvalue weighted by molar-refractivity contribution is 5.71. The van der Waals surface area contributed by atoms with E-state index < -0.39 is 6.10 Å². The first-order chi connectivity index (χ1) is 25.5. The van der Waals surface area contributed by atoms with Crippen LogP contribution in [-0.4, -0.2) is 37.2 Å². The van der Waals surface area contributed by atoms with E-state index in [1.807, 2.05) is 0 Å². The maximum atomic E-state index is 12.6. The largest absolute Gasteiger partial charge is 0.462 e. The first-order valence-electron chi connectivity index (χ1n) is 21.6. The number of carbonyl (C=O) groups excluding carboxylic acids is 3. The van der Waals surface area contributed by atoms with Crippen LogP contribution in [0.2, 0.25) is 0 Å². The summed E-state index contributed by atoms with van der Waals surface area (Å²) in [6.07, 6.45) is 46.8. The fourth-order valence-corrected chi connectivity index (χ4v) is 5.80. The molecule has 52 heavy (non-hydrogen) atoms. The Morgan fingerprint density at radius 1 is 0.404 bits per heavy atom. The molecular weight excluding hydrogens is 648 g/mol. The van der Waals surface area contributed by atoms with Crippen molar-refractivity contribution in [3.63, 3.8) is 0 Å². The van der Waals surface area contributed by atoms with Crippen LogP contribution in [0.5, 0.6) is 0 Å². The molecule has 0 rings (SSSR count). The van der Waals surface area contributed by atoms with Crippen molar-refractivity contribution in [3.8, 4) is 0 Å². The lowest BCUT2D eigenvalue weighted by Crippen LogP contribution is -2.30. The Labute approximate surface area is 320 Å². The number of carbonyl (C=O) groups is 3. The molecule has 0 fully saturated rings. The summed E-state index contributed by atoms with van der Waals surface area (Å²) in [7, 11) is 0. The molecule has 300 valence electrons. The van der Waals surface area contributed by atoms with Gasteiger partial charge < -0.3 is 14.2 Å². The van der Waals surface area contributed by atoms with Gasteiger partial charge in [0.1, 0.15) is 13.2 Å². The Bertz CT molecular complexity index is 933. The summed E-state index contributed by atoms with van der Waals surface area (Å²) in [6.45, 7) is 6.41. The van der Waals surface area contributed by atoms with E-state index in [-0.39, 0.29) is 31.1 Å². The highest BCUT2D eigenvalue weighted by Gasteiger charge is 2.19. The molecule has 6 heteroatoms. The summed E-state index contributed by atoms with van der Waals surface area (Å²) in [6, 6.07) is 0. The normalized spacial score (nSPS) is 12.4. The van der Waals surface area contributed by atoms with Crippen LogP contribution < -0.4 is 0 Å². The number of hydrogen-bond donors (Lipinski definition) is 0. The number of allylic oxidation sites excluding steroid dienone is 8. The summed E-state index contributed by atoms with van der Waals surface area (Å²) in [4.78, 5) is 37.5. The van der Waals surface area contributed by atoms with Gasteiger partial charge in [0.25, 0.3) is 0 Å². The molecule has 0 amide bonds. The maximum absolute atomic E-state index is 12.6. The molecule has 0 aliphatic heterocycles. The third kappa shape index (κ3) is 38.6. The molecule has 0 radical (unpaired) electrons. The average Bonchev–Trinajstić information content (AvgIpc) is 3.14. The zero-order valence-corrected chi connectivity index (χ0v) is 34.1. The Hall–Kier alpha value is -2.63. The van der Waals surface area contributed by atoms with E-state index in [4.69, 9.17) is 14.2 Å². The number of esters is 3. The van der Waals surface area contributed by atoms with Gasteiger partial charge in [-0.1, -0.05) is 159 Å². The van der Waals surface area contributed by atoms with Crippen LogP contribution in [0.15, 0.2) is 48.6 Å². The molecule has 6 nitrogen and oxygen atoms in total. The van der Waals surface area contributed by atoms with E-state index in [1.165, 1.54) is 57.8 Å². The monoisotopic (exact) mass is 729 g/mol. The van der Waals surface area contributed by atoms with Crippen molar-refractivity contribution in [2.75, 3.05) is 13.2 Å². The van der Waals surface area contributed by atoms with Crippen molar-refractivity contribution < 1.29 is 28.6 Å². The molecule has 0 spiro atoms. The van der Waals surface area contributed by atoms with Gasteiger partial charge in [0, 0.05) is 19.3 Å². The average molecular weight is 729 g/mol. The molecule has 0 heterocycles. The van der Waals surface area contributed by atoms with Crippen LogP contribution in [-0.2, 0) is 28.6 Å². The van der Waals surface area contributed by atoms with Crippen LogP contribution in [0.1, 0.15) is 207 Å². The number of unbranched alkanes of at least 4 members (excludes halogenated alkanes) is 19. The Kier molecular flexibility index (Phi) is 39.1. The summed E-state index contributed by atoms with van der Waals surface area (Å²) in [5.41, 5.74) is 0. The summed E-state index contributed by atoms with van der Waals surface area (Å²) >= 11 is 0. The number of rotatable bonds is 38. The summed E-state index contributed by atoms with van der Waals surface area (Å²) in [5, 5.41) is 0. The summed E-state index contributed by atoms with van der Waals surface area (Å²) < 4.78 is 16.6. The second kappa shape index (κ2) is 41.1. The van der Waals surface area contributed by atoms with Gasteiger partial charge in [-0.25, -0.2) is 0 Å². The topological polar surface area (TPSA) is 78.9 Å². The Morgan fingerprint density at radius 2 is 0.750 bits per heavy atom. The molecule has 0 aliphatic rings. The minimum absolute atomic E-state index is 0.0825. The second-order valence-electron chi connectivity index (χ2n) is 14.2. The molecule has 0 aromatic rings. The van der Waals surface area contributed by atoms with Gasteiger partial charge in [0.15, 0.2) is 6.10 Å². The molecule has 0 N–H and O–H groups in total. The summed E-state index contributed by atoms with van der Waals surface area (Å²) in [5.74, 6) is -0.922. The Balaban J connectivity index is 4.33. The van der Waals surface area contributed by atoms with Gasteiger partial charge >= 0.3 is 17.9 Å². The van der Waals surface area contributed by atoms with Crippen LogP contribution in [0.25, 0.3) is 0 Å². The van der Waals surface area contributed by atoms with Crippen molar-refractivity contribution >= 4 is 17.9 Å². The minimum Gasteiger partial charge on any atom is -0.462 e. The third-order valence-corrected chi connectivity index (χ3v) is 9.07. The second-order valence-corrected chi connectivity index (χ2v) is 14.2. The highest BCUT2D eigenvalue weighted by atomic mass is 16.6. The van der Waals surface area contributed by atoms with E-state index >= 15 is 0 Å². The molecule has 1 atom stereocenters. The Morgan fingerprint density at radius 3 is 1.21 bits per heavy atom. The lowest BCUT2D eigenvalue weighted by Gasteiger charge is -2.18. The van der Waals surface area contributed by atoms with Crippen molar-refractivity contribution in [2.45, 2.75) is 213 Å².